The van der Waals surface area contributed by atoms with Crippen molar-refractivity contribution in [2.24, 2.45) is 5.92 Å². The molecule has 1 aromatic carbocycles. The van der Waals surface area contributed by atoms with Gasteiger partial charge in [0, 0.05) is 6.42 Å². The van der Waals surface area contributed by atoms with E-state index in [1.807, 2.05) is 0 Å². The largest absolute Gasteiger partial charge is 0.390 e. The molecule has 1 aliphatic rings. The summed E-state index contributed by atoms with van der Waals surface area (Å²) in [6, 6.07) is 4.99. The van der Waals surface area contributed by atoms with Crippen LogP contribution in [0.1, 0.15) is 44.6 Å². The second-order valence-electron chi connectivity index (χ2n) is 5.47. The van der Waals surface area contributed by atoms with Gasteiger partial charge in [0.1, 0.15) is 5.82 Å². The molecular formula is C15H20ClFO. The van der Waals surface area contributed by atoms with E-state index in [0.29, 0.717) is 12.0 Å². The van der Waals surface area contributed by atoms with E-state index in [1.165, 1.54) is 6.42 Å². The van der Waals surface area contributed by atoms with Gasteiger partial charge in [0.25, 0.3) is 0 Å². The van der Waals surface area contributed by atoms with Crippen LogP contribution < -0.4 is 0 Å². The van der Waals surface area contributed by atoms with E-state index in [9.17, 15) is 9.50 Å². The number of rotatable bonds is 3. The Bertz CT molecular complexity index is 411. The summed E-state index contributed by atoms with van der Waals surface area (Å²) < 4.78 is 13.8. The van der Waals surface area contributed by atoms with Crippen LogP contribution in [-0.2, 0) is 6.42 Å². The van der Waals surface area contributed by atoms with E-state index in [4.69, 9.17) is 11.6 Å². The van der Waals surface area contributed by atoms with E-state index in [-0.39, 0.29) is 10.8 Å². The molecule has 0 aromatic heterocycles. The van der Waals surface area contributed by atoms with E-state index >= 15 is 0 Å². The first-order chi connectivity index (χ1) is 8.54. The Morgan fingerprint density at radius 1 is 1.39 bits per heavy atom. The monoisotopic (exact) mass is 270 g/mol. The molecule has 0 unspecified atom stereocenters. The fourth-order valence-electron chi connectivity index (χ4n) is 2.84. The van der Waals surface area contributed by atoms with Crippen molar-refractivity contribution in [2.45, 2.75) is 51.0 Å². The molecule has 100 valence electrons. The summed E-state index contributed by atoms with van der Waals surface area (Å²) in [5, 5.41) is 10.7. The van der Waals surface area contributed by atoms with Gasteiger partial charge in [0.2, 0.25) is 0 Å². The van der Waals surface area contributed by atoms with Gasteiger partial charge in [0.05, 0.1) is 10.6 Å². The van der Waals surface area contributed by atoms with Gasteiger partial charge in [0.15, 0.2) is 0 Å². The quantitative estimate of drug-likeness (QED) is 0.866. The average Bonchev–Trinajstić information content (AvgIpc) is 2.36. The highest BCUT2D eigenvalue weighted by molar-refractivity contribution is 6.30. The maximum atomic E-state index is 13.8. The van der Waals surface area contributed by atoms with E-state index in [1.54, 1.807) is 18.2 Å². The Morgan fingerprint density at radius 2 is 2.06 bits per heavy atom. The lowest BCUT2D eigenvalue weighted by Gasteiger charge is -2.36. The number of hydrogen-bond acceptors (Lipinski definition) is 1. The summed E-state index contributed by atoms with van der Waals surface area (Å²) in [5.41, 5.74) is -0.225. The molecule has 1 fully saturated rings. The Kier molecular flexibility index (Phi) is 4.29. The SMILES string of the molecule is CCC1CCC(O)(Cc2cccc(Cl)c2F)CC1. The molecule has 0 spiro atoms. The topological polar surface area (TPSA) is 20.2 Å². The van der Waals surface area contributed by atoms with Gasteiger partial charge < -0.3 is 5.11 Å². The van der Waals surface area contributed by atoms with E-state index < -0.39 is 5.60 Å². The van der Waals surface area contributed by atoms with Gasteiger partial charge in [-0.25, -0.2) is 4.39 Å². The molecule has 2 rings (SSSR count). The highest BCUT2D eigenvalue weighted by atomic mass is 35.5. The molecule has 0 heterocycles. The van der Waals surface area contributed by atoms with Crippen molar-refractivity contribution in [3.05, 3.63) is 34.6 Å². The molecule has 0 amide bonds. The number of aliphatic hydroxyl groups is 1. The van der Waals surface area contributed by atoms with Gasteiger partial charge in [-0.15, -0.1) is 0 Å². The van der Waals surface area contributed by atoms with Crippen molar-refractivity contribution in [2.75, 3.05) is 0 Å². The van der Waals surface area contributed by atoms with Crippen LogP contribution in [0, 0.1) is 11.7 Å². The first-order valence-corrected chi connectivity index (χ1v) is 7.07. The third kappa shape index (κ3) is 3.04. The Labute approximate surface area is 113 Å². The van der Waals surface area contributed by atoms with Gasteiger partial charge in [-0.3, -0.25) is 0 Å². The maximum Gasteiger partial charge on any atom is 0.145 e. The normalized spacial score (nSPS) is 28.3. The molecule has 1 aromatic rings. The van der Waals surface area contributed by atoms with Crippen LogP contribution in [0.4, 0.5) is 4.39 Å². The predicted molar refractivity (Wildman–Crippen MR) is 72.3 cm³/mol. The number of halogens is 2. The van der Waals surface area contributed by atoms with E-state index in [0.717, 1.165) is 31.6 Å². The lowest BCUT2D eigenvalue weighted by molar-refractivity contribution is -0.00983. The van der Waals surface area contributed by atoms with Crippen molar-refractivity contribution in [3.8, 4) is 0 Å². The van der Waals surface area contributed by atoms with Crippen molar-refractivity contribution >= 4 is 11.6 Å². The third-order valence-corrected chi connectivity index (χ3v) is 4.46. The molecule has 0 atom stereocenters. The van der Waals surface area contributed by atoms with Crippen molar-refractivity contribution in [1.29, 1.82) is 0 Å². The van der Waals surface area contributed by atoms with Crippen molar-refractivity contribution in [3.63, 3.8) is 0 Å². The van der Waals surface area contributed by atoms with Crippen LogP contribution in [0.2, 0.25) is 5.02 Å². The molecule has 1 nitrogen and oxygen atoms in total. The predicted octanol–water partition coefficient (Wildman–Crippen LogP) is 4.35. The molecule has 0 bridgehead atoms. The molecule has 3 heteroatoms. The van der Waals surface area contributed by atoms with Crippen molar-refractivity contribution in [1.82, 2.24) is 0 Å². The maximum absolute atomic E-state index is 13.8. The zero-order valence-electron chi connectivity index (χ0n) is 10.8. The first kappa shape index (κ1) is 13.8. The van der Waals surface area contributed by atoms with Crippen LogP contribution in [0.25, 0.3) is 0 Å². The smallest absolute Gasteiger partial charge is 0.145 e. The third-order valence-electron chi connectivity index (χ3n) is 4.16. The van der Waals surface area contributed by atoms with E-state index in [2.05, 4.69) is 6.92 Å². The lowest BCUT2D eigenvalue weighted by Crippen LogP contribution is -2.36. The molecule has 0 saturated heterocycles. The zero-order chi connectivity index (χ0) is 13.2. The minimum Gasteiger partial charge on any atom is -0.390 e. The molecule has 1 saturated carbocycles. The van der Waals surface area contributed by atoms with Crippen LogP contribution in [-0.4, -0.2) is 10.7 Å². The zero-order valence-corrected chi connectivity index (χ0v) is 11.5. The van der Waals surface area contributed by atoms with Gasteiger partial charge >= 0.3 is 0 Å². The highest BCUT2D eigenvalue weighted by Gasteiger charge is 2.33. The summed E-state index contributed by atoms with van der Waals surface area (Å²) in [6.45, 7) is 2.19. The van der Waals surface area contributed by atoms with Crippen molar-refractivity contribution < 1.29 is 9.50 Å². The molecule has 0 radical (unpaired) electrons. The Morgan fingerprint density at radius 3 is 2.67 bits per heavy atom. The average molecular weight is 271 g/mol. The molecule has 1 aliphatic carbocycles. The summed E-state index contributed by atoms with van der Waals surface area (Å²) in [6.07, 6.45) is 5.14. The van der Waals surface area contributed by atoms with Crippen LogP contribution in [0.3, 0.4) is 0 Å². The second kappa shape index (κ2) is 5.58. The Hall–Kier alpha value is -0.600. The summed E-state index contributed by atoms with van der Waals surface area (Å²) in [7, 11) is 0. The summed E-state index contributed by atoms with van der Waals surface area (Å²) in [5.74, 6) is 0.333. The van der Waals surface area contributed by atoms with Crippen LogP contribution in [0.5, 0.6) is 0 Å². The number of benzene rings is 1. The minimum absolute atomic E-state index is 0.137. The second-order valence-corrected chi connectivity index (χ2v) is 5.87. The molecular weight excluding hydrogens is 251 g/mol. The Balaban J connectivity index is 2.07. The molecule has 18 heavy (non-hydrogen) atoms. The first-order valence-electron chi connectivity index (χ1n) is 6.69. The minimum atomic E-state index is -0.753. The van der Waals surface area contributed by atoms with Gasteiger partial charge in [-0.05, 0) is 43.2 Å². The molecule has 0 aliphatic heterocycles. The standard InChI is InChI=1S/C15H20ClFO/c1-2-11-6-8-15(18,9-7-11)10-12-4-3-5-13(16)14(12)17/h3-5,11,18H,2,6-10H2,1H3. The highest BCUT2D eigenvalue weighted by Crippen LogP contribution is 2.36. The number of hydrogen-bond donors (Lipinski definition) is 1. The summed E-state index contributed by atoms with van der Waals surface area (Å²) >= 11 is 5.77. The fourth-order valence-corrected chi connectivity index (χ4v) is 3.03. The van der Waals surface area contributed by atoms with Gasteiger partial charge in [-0.2, -0.15) is 0 Å². The molecule has 1 N–H and O–H groups in total. The summed E-state index contributed by atoms with van der Waals surface area (Å²) in [4.78, 5) is 0. The van der Waals surface area contributed by atoms with Crippen LogP contribution in [0.15, 0.2) is 18.2 Å². The fraction of sp³-hybridized carbons (Fsp3) is 0.600. The van der Waals surface area contributed by atoms with Crippen LogP contribution >= 0.6 is 11.6 Å². The lowest BCUT2D eigenvalue weighted by atomic mass is 9.75. The van der Waals surface area contributed by atoms with Gasteiger partial charge in [-0.1, -0.05) is 37.1 Å².